The Balaban J connectivity index is 2.55. The third kappa shape index (κ3) is 4.37. The molecule has 0 heterocycles. The second-order valence-corrected chi connectivity index (χ2v) is 4.50. The van der Waals surface area contributed by atoms with Crippen LogP contribution < -0.4 is 5.32 Å². The first-order valence-corrected chi connectivity index (χ1v) is 6.26. The Hall–Kier alpha value is -1.56. The van der Waals surface area contributed by atoms with E-state index in [1.807, 2.05) is 6.92 Å². The molecule has 2 N–H and O–H groups in total. The second kappa shape index (κ2) is 7.00. The highest BCUT2D eigenvalue weighted by molar-refractivity contribution is 9.10. The summed E-state index contributed by atoms with van der Waals surface area (Å²) in [4.78, 5) is 22.8. The fraction of sp³-hybridized carbons (Fsp3) is 0.333. The van der Waals surface area contributed by atoms with Gasteiger partial charge >= 0.3 is 5.97 Å². The van der Waals surface area contributed by atoms with E-state index in [1.54, 1.807) is 6.07 Å². The van der Waals surface area contributed by atoms with Crippen LogP contribution in [0.5, 0.6) is 5.75 Å². The van der Waals surface area contributed by atoms with E-state index in [9.17, 15) is 14.7 Å². The summed E-state index contributed by atoms with van der Waals surface area (Å²) < 4.78 is 5.43. The van der Waals surface area contributed by atoms with Gasteiger partial charge in [-0.3, -0.25) is 4.79 Å². The summed E-state index contributed by atoms with van der Waals surface area (Å²) in [5.41, 5.74) is 0.0210. The van der Waals surface area contributed by atoms with Crippen molar-refractivity contribution in [3.63, 3.8) is 0 Å². The first kappa shape index (κ1) is 14.5. The number of esters is 1. The zero-order chi connectivity index (χ0) is 13.5. The lowest BCUT2D eigenvalue weighted by Crippen LogP contribution is -2.29. The van der Waals surface area contributed by atoms with Crippen molar-refractivity contribution in [3.05, 3.63) is 28.2 Å². The average Bonchev–Trinajstić information content (AvgIpc) is 2.36. The average molecular weight is 316 g/mol. The van der Waals surface area contributed by atoms with Crippen LogP contribution in [-0.2, 0) is 9.53 Å². The fourth-order valence-electron chi connectivity index (χ4n) is 1.20. The van der Waals surface area contributed by atoms with Crippen LogP contribution in [0.2, 0.25) is 0 Å². The number of phenolic OH excluding ortho intramolecular Hbond substituents is 1. The molecular formula is C12H14BrNO4. The summed E-state index contributed by atoms with van der Waals surface area (Å²) in [7, 11) is 0. The second-order valence-electron chi connectivity index (χ2n) is 3.59. The summed E-state index contributed by atoms with van der Waals surface area (Å²) in [6, 6.07) is 4.40. The summed E-state index contributed by atoms with van der Waals surface area (Å²) in [5.74, 6) is -1.28. The number of benzene rings is 1. The molecule has 0 spiro atoms. The Morgan fingerprint density at radius 3 is 2.83 bits per heavy atom. The molecule has 0 aliphatic carbocycles. The van der Waals surface area contributed by atoms with Gasteiger partial charge in [-0.2, -0.15) is 0 Å². The molecular weight excluding hydrogens is 302 g/mol. The fourth-order valence-corrected chi connectivity index (χ4v) is 1.56. The minimum atomic E-state index is -0.736. The van der Waals surface area contributed by atoms with Gasteiger partial charge in [-0.1, -0.05) is 22.9 Å². The number of amides is 1. The SMILES string of the molecule is CCCNC(=O)COC(=O)c1cc(Br)ccc1O. The molecule has 0 bridgehead atoms. The number of ether oxygens (including phenoxy) is 1. The van der Waals surface area contributed by atoms with Crippen molar-refractivity contribution in [2.75, 3.05) is 13.2 Å². The van der Waals surface area contributed by atoms with Gasteiger partial charge in [-0.05, 0) is 24.6 Å². The third-order valence-electron chi connectivity index (χ3n) is 2.09. The van der Waals surface area contributed by atoms with E-state index >= 15 is 0 Å². The lowest BCUT2D eigenvalue weighted by Gasteiger charge is -2.07. The molecule has 6 heteroatoms. The van der Waals surface area contributed by atoms with Gasteiger partial charge in [0, 0.05) is 11.0 Å². The van der Waals surface area contributed by atoms with Gasteiger partial charge in [0.2, 0.25) is 0 Å². The van der Waals surface area contributed by atoms with Gasteiger partial charge < -0.3 is 15.2 Å². The maximum atomic E-state index is 11.6. The summed E-state index contributed by atoms with van der Waals surface area (Å²) >= 11 is 3.18. The predicted octanol–water partition coefficient (Wildman–Crippen LogP) is 1.84. The predicted molar refractivity (Wildman–Crippen MR) is 69.4 cm³/mol. The largest absolute Gasteiger partial charge is 0.507 e. The summed E-state index contributed by atoms with van der Waals surface area (Å²) in [6.07, 6.45) is 0.812. The van der Waals surface area contributed by atoms with Gasteiger partial charge in [0.05, 0.1) is 0 Å². The number of carbonyl (C=O) groups excluding carboxylic acids is 2. The number of phenols is 1. The van der Waals surface area contributed by atoms with E-state index in [0.29, 0.717) is 11.0 Å². The van der Waals surface area contributed by atoms with Gasteiger partial charge in [-0.25, -0.2) is 4.79 Å². The van der Waals surface area contributed by atoms with Crippen LogP contribution in [0.4, 0.5) is 0 Å². The lowest BCUT2D eigenvalue weighted by molar-refractivity contribution is -0.124. The van der Waals surface area contributed by atoms with E-state index in [2.05, 4.69) is 21.2 Å². The Bertz CT molecular complexity index is 448. The minimum absolute atomic E-state index is 0.0210. The molecule has 1 amide bonds. The number of aromatic hydroxyl groups is 1. The van der Waals surface area contributed by atoms with Gasteiger partial charge in [0.25, 0.3) is 5.91 Å². The molecule has 0 saturated carbocycles. The van der Waals surface area contributed by atoms with Crippen molar-refractivity contribution < 1.29 is 19.4 Å². The number of halogens is 1. The van der Waals surface area contributed by atoms with E-state index in [1.165, 1.54) is 12.1 Å². The Kier molecular flexibility index (Phi) is 5.64. The molecule has 0 aromatic heterocycles. The van der Waals surface area contributed by atoms with Crippen LogP contribution in [0.15, 0.2) is 22.7 Å². The zero-order valence-corrected chi connectivity index (χ0v) is 11.5. The van der Waals surface area contributed by atoms with Crippen molar-refractivity contribution >= 4 is 27.8 Å². The van der Waals surface area contributed by atoms with Crippen LogP contribution in [0, 0.1) is 0 Å². The number of carbonyl (C=O) groups is 2. The third-order valence-corrected chi connectivity index (χ3v) is 2.58. The van der Waals surface area contributed by atoms with Crippen LogP contribution in [0.25, 0.3) is 0 Å². The molecule has 5 nitrogen and oxygen atoms in total. The number of nitrogens with one attached hydrogen (secondary N) is 1. The standard InChI is InChI=1S/C12H14BrNO4/c1-2-5-14-11(16)7-18-12(17)9-6-8(13)3-4-10(9)15/h3-4,6,15H,2,5,7H2,1H3,(H,14,16). The zero-order valence-electron chi connectivity index (χ0n) is 9.90. The Labute approximate surface area is 113 Å². The monoisotopic (exact) mass is 315 g/mol. The molecule has 0 saturated heterocycles. The quantitative estimate of drug-likeness (QED) is 0.813. The number of rotatable bonds is 5. The number of hydrogen-bond acceptors (Lipinski definition) is 4. The van der Waals surface area contributed by atoms with Gasteiger partial charge in [0.15, 0.2) is 6.61 Å². The van der Waals surface area contributed by atoms with E-state index in [0.717, 1.165) is 6.42 Å². The Morgan fingerprint density at radius 2 is 2.17 bits per heavy atom. The van der Waals surface area contributed by atoms with Crippen molar-refractivity contribution in [3.8, 4) is 5.75 Å². The lowest BCUT2D eigenvalue weighted by atomic mass is 10.2. The molecule has 1 aromatic carbocycles. The van der Waals surface area contributed by atoms with Crippen LogP contribution >= 0.6 is 15.9 Å². The molecule has 18 heavy (non-hydrogen) atoms. The Morgan fingerprint density at radius 1 is 1.44 bits per heavy atom. The molecule has 0 atom stereocenters. The molecule has 0 aliphatic rings. The van der Waals surface area contributed by atoms with E-state index in [4.69, 9.17) is 4.74 Å². The molecule has 98 valence electrons. The normalized spacial score (nSPS) is 9.89. The van der Waals surface area contributed by atoms with E-state index in [-0.39, 0.29) is 23.8 Å². The van der Waals surface area contributed by atoms with E-state index < -0.39 is 5.97 Å². The van der Waals surface area contributed by atoms with Crippen molar-refractivity contribution in [2.45, 2.75) is 13.3 Å². The highest BCUT2D eigenvalue weighted by Gasteiger charge is 2.14. The van der Waals surface area contributed by atoms with Crippen molar-refractivity contribution in [1.29, 1.82) is 0 Å². The first-order chi connectivity index (χ1) is 8.54. The highest BCUT2D eigenvalue weighted by Crippen LogP contribution is 2.22. The molecule has 1 rings (SSSR count). The maximum absolute atomic E-state index is 11.6. The van der Waals surface area contributed by atoms with Gasteiger partial charge in [-0.15, -0.1) is 0 Å². The van der Waals surface area contributed by atoms with Crippen LogP contribution in [0.1, 0.15) is 23.7 Å². The van der Waals surface area contributed by atoms with Crippen molar-refractivity contribution in [2.24, 2.45) is 0 Å². The van der Waals surface area contributed by atoms with Crippen molar-refractivity contribution in [1.82, 2.24) is 5.32 Å². The smallest absolute Gasteiger partial charge is 0.342 e. The van der Waals surface area contributed by atoms with Crippen LogP contribution in [0.3, 0.4) is 0 Å². The summed E-state index contributed by atoms with van der Waals surface area (Å²) in [5, 5.41) is 12.1. The molecule has 1 aromatic rings. The highest BCUT2D eigenvalue weighted by atomic mass is 79.9. The molecule has 0 fully saturated rings. The first-order valence-electron chi connectivity index (χ1n) is 5.47. The summed E-state index contributed by atoms with van der Waals surface area (Å²) in [6.45, 7) is 2.11. The maximum Gasteiger partial charge on any atom is 0.342 e. The molecule has 0 unspecified atom stereocenters. The topological polar surface area (TPSA) is 75.6 Å². The number of hydrogen-bond donors (Lipinski definition) is 2. The molecule has 0 aliphatic heterocycles. The van der Waals surface area contributed by atoms with Crippen LogP contribution in [-0.4, -0.2) is 30.1 Å². The minimum Gasteiger partial charge on any atom is -0.507 e. The van der Waals surface area contributed by atoms with Gasteiger partial charge in [0.1, 0.15) is 11.3 Å². The molecule has 0 radical (unpaired) electrons.